The SMILES string of the molecule is CCCCC/C=C\CCCCCCCC(=O)NC(CS(=O)(=O)O)C(O)CCCCCCCCCCCCCCCC. The van der Waals surface area contributed by atoms with Crippen LogP contribution < -0.4 is 5.32 Å². The van der Waals surface area contributed by atoms with E-state index >= 15 is 0 Å². The van der Waals surface area contributed by atoms with Gasteiger partial charge in [0.1, 0.15) is 0 Å². The molecule has 41 heavy (non-hydrogen) atoms. The zero-order chi connectivity index (χ0) is 30.4. The number of carbonyl (C=O) groups is 1. The lowest BCUT2D eigenvalue weighted by molar-refractivity contribution is -0.122. The third-order valence-electron chi connectivity index (χ3n) is 7.97. The molecule has 244 valence electrons. The fourth-order valence-electron chi connectivity index (χ4n) is 5.33. The predicted molar refractivity (Wildman–Crippen MR) is 175 cm³/mol. The second-order valence-corrected chi connectivity index (χ2v) is 13.6. The minimum Gasteiger partial charge on any atom is -0.391 e. The van der Waals surface area contributed by atoms with Crippen LogP contribution >= 0.6 is 0 Å². The number of aliphatic hydroxyl groups excluding tert-OH is 1. The smallest absolute Gasteiger partial charge is 0.266 e. The van der Waals surface area contributed by atoms with Crippen LogP contribution in [0.25, 0.3) is 0 Å². The Morgan fingerprint density at radius 1 is 0.634 bits per heavy atom. The molecule has 2 unspecified atom stereocenters. The Hall–Kier alpha value is -0.920. The second-order valence-electron chi connectivity index (χ2n) is 12.1. The number of hydrogen-bond donors (Lipinski definition) is 3. The summed E-state index contributed by atoms with van der Waals surface area (Å²) in [5.74, 6) is -0.904. The molecule has 3 N–H and O–H groups in total. The molecule has 0 aliphatic heterocycles. The Morgan fingerprint density at radius 2 is 1.02 bits per heavy atom. The highest BCUT2D eigenvalue weighted by molar-refractivity contribution is 7.85. The second kappa shape index (κ2) is 29.2. The van der Waals surface area contributed by atoms with Gasteiger partial charge in [-0.05, 0) is 38.5 Å². The van der Waals surface area contributed by atoms with Crippen LogP contribution in [0.15, 0.2) is 12.2 Å². The van der Waals surface area contributed by atoms with Crippen molar-refractivity contribution in [1.82, 2.24) is 5.32 Å². The zero-order valence-electron chi connectivity index (χ0n) is 26.9. The number of nitrogens with one attached hydrogen (secondary N) is 1. The highest BCUT2D eigenvalue weighted by Crippen LogP contribution is 2.15. The number of amides is 1. The molecule has 0 aliphatic rings. The maximum absolute atomic E-state index is 12.4. The summed E-state index contributed by atoms with van der Waals surface area (Å²) in [7, 11) is -4.30. The fourth-order valence-corrected chi connectivity index (χ4v) is 6.09. The van der Waals surface area contributed by atoms with Crippen LogP contribution in [0.5, 0.6) is 0 Å². The molecule has 2 atom stereocenters. The van der Waals surface area contributed by atoms with Gasteiger partial charge in [0.25, 0.3) is 10.1 Å². The van der Waals surface area contributed by atoms with Crippen molar-refractivity contribution in [2.75, 3.05) is 5.75 Å². The Bertz CT molecular complexity index is 710. The number of hydrogen-bond acceptors (Lipinski definition) is 4. The van der Waals surface area contributed by atoms with Crippen molar-refractivity contribution < 1.29 is 22.9 Å². The van der Waals surface area contributed by atoms with Crippen molar-refractivity contribution >= 4 is 16.0 Å². The summed E-state index contributed by atoms with van der Waals surface area (Å²) < 4.78 is 32.3. The van der Waals surface area contributed by atoms with Crippen LogP contribution in [0.1, 0.15) is 181 Å². The topological polar surface area (TPSA) is 104 Å². The third-order valence-corrected chi connectivity index (χ3v) is 8.75. The van der Waals surface area contributed by atoms with Gasteiger partial charge in [-0.1, -0.05) is 148 Å². The highest BCUT2D eigenvalue weighted by Gasteiger charge is 2.26. The predicted octanol–water partition coefficient (Wildman–Crippen LogP) is 9.46. The molecule has 0 aromatic rings. The summed E-state index contributed by atoms with van der Waals surface area (Å²) in [6.07, 6.45) is 32.9. The van der Waals surface area contributed by atoms with E-state index in [0.717, 1.165) is 51.4 Å². The Kier molecular flexibility index (Phi) is 28.5. The first-order valence-corrected chi connectivity index (χ1v) is 19.0. The van der Waals surface area contributed by atoms with E-state index in [2.05, 4.69) is 31.3 Å². The molecule has 0 spiro atoms. The molecule has 0 saturated heterocycles. The van der Waals surface area contributed by atoms with Gasteiger partial charge in [0.05, 0.1) is 17.9 Å². The molecule has 0 aromatic heterocycles. The lowest BCUT2D eigenvalue weighted by Gasteiger charge is -2.23. The van der Waals surface area contributed by atoms with Crippen LogP contribution in [0.2, 0.25) is 0 Å². The number of allylic oxidation sites excluding steroid dienone is 2. The van der Waals surface area contributed by atoms with Crippen LogP contribution in [0.3, 0.4) is 0 Å². The van der Waals surface area contributed by atoms with Gasteiger partial charge in [-0.15, -0.1) is 0 Å². The van der Waals surface area contributed by atoms with E-state index in [1.165, 1.54) is 103 Å². The first-order chi connectivity index (χ1) is 19.8. The summed E-state index contributed by atoms with van der Waals surface area (Å²) in [6, 6.07) is -0.969. The fraction of sp³-hybridized carbons (Fsp3) is 0.912. The zero-order valence-corrected chi connectivity index (χ0v) is 27.7. The number of carbonyl (C=O) groups excluding carboxylic acids is 1. The molecule has 6 nitrogen and oxygen atoms in total. The molecular weight excluding hydrogens is 534 g/mol. The maximum Gasteiger partial charge on any atom is 0.266 e. The first kappa shape index (κ1) is 40.1. The van der Waals surface area contributed by atoms with Crippen molar-refractivity contribution in [3.05, 3.63) is 12.2 Å². The first-order valence-electron chi connectivity index (χ1n) is 17.4. The van der Waals surface area contributed by atoms with Crippen molar-refractivity contribution in [1.29, 1.82) is 0 Å². The number of rotatable bonds is 31. The summed E-state index contributed by atoms with van der Waals surface area (Å²) in [6.45, 7) is 4.47. The lowest BCUT2D eigenvalue weighted by atomic mass is 10.0. The third kappa shape index (κ3) is 30.3. The average molecular weight is 602 g/mol. The molecule has 0 rings (SSSR count). The molecule has 0 aromatic carbocycles. The van der Waals surface area contributed by atoms with Crippen molar-refractivity contribution in [2.45, 2.75) is 193 Å². The molecule has 1 amide bonds. The molecule has 0 saturated carbocycles. The van der Waals surface area contributed by atoms with Crippen molar-refractivity contribution in [2.24, 2.45) is 0 Å². The van der Waals surface area contributed by atoms with Crippen LogP contribution in [-0.2, 0) is 14.9 Å². The Balaban J connectivity index is 3.95. The molecule has 0 fully saturated rings. The molecule has 7 heteroatoms. The Morgan fingerprint density at radius 3 is 1.51 bits per heavy atom. The van der Waals surface area contributed by atoms with E-state index in [1.54, 1.807) is 0 Å². The van der Waals surface area contributed by atoms with Gasteiger partial charge in [0.2, 0.25) is 5.91 Å². The minimum absolute atomic E-state index is 0.256. The van der Waals surface area contributed by atoms with Crippen molar-refractivity contribution in [3.63, 3.8) is 0 Å². The van der Waals surface area contributed by atoms with Gasteiger partial charge < -0.3 is 10.4 Å². The number of aliphatic hydroxyl groups is 1. The molecule has 0 radical (unpaired) electrons. The molecule has 0 aliphatic carbocycles. The Labute approximate surface area is 254 Å². The summed E-state index contributed by atoms with van der Waals surface area (Å²) >= 11 is 0. The standard InChI is InChI=1S/C34H67NO5S/c1-3-5-7-9-11-13-15-17-18-19-21-23-25-27-29-33(36)32(31-41(38,39)40)35-34(37)30-28-26-24-22-20-16-14-12-10-8-6-4-2/h12,14,32-33,36H,3-11,13,15-31H2,1-2H3,(H,35,37)(H,38,39,40)/b14-12-. The van der Waals surface area contributed by atoms with Gasteiger partial charge in [-0.3, -0.25) is 9.35 Å². The molecule has 0 heterocycles. The van der Waals surface area contributed by atoms with E-state index in [0.29, 0.717) is 12.8 Å². The maximum atomic E-state index is 12.4. The van der Waals surface area contributed by atoms with Gasteiger partial charge in [-0.25, -0.2) is 0 Å². The normalized spacial score (nSPS) is 13.6. The quantitative estimate of drug-likeness (QED) is 0.0417. The van der Waals surface area contributed by atoms with E-state index in [1.807, 2.05) is 0 Å². The number of unbranched alkanes of at least 4 members (excludes halogenated alkanes) is 21. The van der Waals surface area contributed by atoms with E-state index in [9.17, 15) is 22.9 Å². The van der Waals surface area contributed by atoms with E-state index in [-0.39, 0.29) is 5.91 Å². The molecular formula is C34H67NO5S. The minimum atomic E-state index is -4.30. The summed E-state index contributed by atoms with van der Waals surface area (Å²) in [5.41, 5.74) is 0. The van der Waals surface area contributed by atoms with E-state index < -0.39 is 28.0 Å². The largest absolute Gasteiger partial charge is 0.391 e. The summed E-state index contributed by atoms with van der Waals surface area (Å²) in [4.78, 5) is 12.4. The summed E-state index contributed by atoms with van der Waals surface area (Å²) in [5, 5.41) is 13.3. The van der Waals surface area contributed by atoms with Gasteiger partial charge in [0, 0.05) is 6.42 Å². The van der Waals surface area contributed by atoms with Crippen molar-refractivity contribution in [3.8, 4) is 0 Å². The van der Waals surface area contributed by atoms with Crippen LogP contribution in [0, 0.1) is 0 Å². The van der Waals surface area contributed by atoms with E-state index in [4.69, 9.17) is 0 Å². The lowest BCUT2D eigenvalue weighted by Crippen LogP contribution is -2.47. The monoisotopic (exact) mass is 601 g/mol. The van der Waals surface area contributed by atoms with Crippen LogP contribution in [0.4, 0.5) is 0 Å². The molecule has 0 bridgehead atoms. The average Bonchev–Trinajstić information content (AvgIpc) is 2.92. The van der Waals surface area contributed by atoms with Gasteiger partial charge in [-0.2, -0.15) is 8.42 Å². The van der Waals surface area contributed by atoms with Gasteiger partial charge >= 0.3 is 0 Å². The van der Waals surface area contributed by atoms with Crippen LogP contribution in [-0.4, -0.2) is 41.9 Å². The highest BCUT2D eigenvalue weighted by atomic mass is 32.2. The van der Waals surface area contributed by atoms with Gasteiger partial charge in [0.15, 0.2) is 0 Å².